The molecular weight excluding hydrogens is 218 g/mol. The molecule has 0 aliphatic carbocycles. The minimum Gasteiger partial charge on any atom is -0.473 e. The molecule has 9 heteroatoms. The maximum Gasteiger partial charge on any atom is 0.411 e. The van der Waals surface area contributed by atoms with Gasteiger partial charge in [0.1, 0.15) is 0 Å². The standard InChI is InChI=1S/C4H3N3O4S2/c8-2(9)5-1-6-7-3(12-1)13-4(10)11/h(H,5,6)(H,8,9)(H,10,11). The molecule has 7 nitrogen and oxygen atoms in total. The molecule has 0 fully saturated rings. The summed E-state index contributed by atoms with van der Waals surface area (Å²) < 4.78 is 0.177. The highest BCUT2D eigenvalue weighted by Crippen LogP contribution is 2.25. The molecule has 1 rings (SSSR count). The van der Waals surface area contributed by atoms with Gasteiger partial charge < -0.3 is 10.2 Å². The maximum atomic E-state index is 10.2. The van der Waals surface area contributed by atoms with Gasteiger partial charge in [0.2, 0.25) is 5.13 Å². The van der Waals surface area contributed by atoms with Crippen molar-refractivity contribution in [3.63, 3.8) is 0 Å². The Balaban J connectivity index is 2.63. The number of nitrogens with zero attached hydrogens (tertiary/aromatic N) is 2. The van der Waals surface area contributed by atoms with Gasteiger partial charge in [-0.3, -0.25) is 5.32 Å². The summed E-state index contributed by atoms with van der Waals surface area (Å²) in [5.41, 5.74) is 0. The molecule has 0 bridgehead atoms. The van der Waals surface area contributed by atoms with Crippen LogP contribution in [0.25, 0.3) is 0 Å². The number of carboxylic acid groups (broad SMARTS) is 2. The number of nitrogens with one attached hydrogen (secondary N) is 1. The summed E-state index contributed by atoms with van der Waals surface area (Å²) in [5, 5.41) is 24.3. The van der Waals surface area contributed by atoms with Crippen molar-refractivity contribution >= 4 is 39.6 Å². The minimum absolute atomic E-state index is 0.0521. The predicted octanol–water partition coefficient (Wildman–Crippen LogP) is 1.40. The lowest BCUT2D eigenvalue weighted by Gasteiger charge is -1.88. The normalized spacial score (nSPS) is 9.54. The lowest BCUT2D eigenvalue weighted by molar-refractivity contribution is 0.209. The second-order valence-electron chi connectivity index (χ2n) is 1.67. The Morgan fingerprint density at radius 3 is 2.62 bits per heavy atom. The zero-order valence-corrected chi connectivity index (χ0v) is 7.55. The molecule has 0 unspecified atom stereocenters. The molecule has 1 aromatic heterocycles. The summed E-state index contributed by atoms with van der Waals surface area (Å²) >= 11 is 1.33. The SMILES string of the molecule is O=C(O)Nc1nnc(SC(=O)O)s1. The first-order valence-corrected chi connectivity index (χ1v) is 4.45. The van der Waals surface area contributed by atoms with E-state index in [0.29, 0.717) is 11.8 Å². The number of hydrogen-bond donors (Lipinski definition) is 3. The highest BCUT2D eigenvalue weighted by molar-refractivity contribution is 8.14. The summed E-state index contributed by atoms with van der Waals surface area (Å²) in [4.78, 5) is 20.3. The summed E-state index contributed by atoms with van der Waals surface area (Å²) in [6.45, 7) is 0. The topological polar surface area (TPSA) is 112 Å². The van der Waals surface area contributed by atoms with Crippen LogP contribution in [0.15, 0.2) is 4.34 Å². The van der Waals surface area contributed by atoms with E-state index >= 15 is 0 Å². The molecule has 0 spiro atoms. The quantitative estimate of drug-likeness (QED) is 0.511. The third kappa shape index (κ3) is 3.25. The van der Waals surface area contributed by atoms with Crippen molar-refractivity contribution in [1.29, 1.82) is 0 Å². The fourth-order valence-corrected chi connectivity index (χ4v) is 1.78. The van der Waals surface area contributed by atoms with Gasteiger partial charge in [0.15, 0.2) is 4.34 Å². The number of rotatable bonds is 2. The molecule has 0 atom stereocenters. The zero-order valence-electron chi connectivity index (χ0n) is 5.92. The van der Waals surface area contributed by atoms with Crippen molar-refractivity contribution in [3.8, 4) is 0 Å². The van der Waals surface area contributed by atoms with E-state index < -0.39 is 11.4 Å². The first kappa shape index (κ1) is 9.74. The Kier molecular flexibility index (Phi) is 3.03. The average Bonchev–Trinajstić information content (AvgIpc) is 2.33. The van der Waals surface area contributed by atoms with Crippen LogP contribution < -0.4 is 5.32 Å². The van der Waals surface area contributed by atoms with Gasteiger partial charge in [0.25, 0.3) is 0 Å². The minimum atomic E-state index is -1.26. The Bertz CT molecular complexity index is 307. The smallest absolute Gasteiger partial charge is 0.411 e. The number of hydrogen-bond acceptors (Lipinski definition) is 6. The first-order valence-electron chi connectivity index (χ1n) is 2.82. The fourth-order valence-electron chi connectivity index (χ4n) is 0.468. The summed E-state index contributed by atoms with van der Waals surface area (Å²) in [5.74, 6) is 0. The Morgan fingerprint density at radius 2 is 2.08 bits per heavy atom. The van der Waals surface area contributed by atoms with Gasteiger partial charge in [-0.15, -0.1) is 10.2 Å². The van der Waals surface area contributed by atoms with Crippen molar-refractivity contribution < 1.29 is 19.8 Å². The van der Waals surface area contributed by atoms with Crippen molar-refractivity contribution in [3.05, 3.63) is 0 Å². The summed E-state index contributed by atoms with van der Waals surface area (Å²) in [6, 6.07) is 0. The van der Waals surface area contributed by atoms with E-state index in [1.165, 1.54) is 0 Å². The largest absolute Gasteiger partial charge is 0.473 e. The molecule has 0 aliphatic heterocycles. The van der Waals surface area contributed by atoms with Gasteiger partial charge in [0.05, 0.1) is 0 Å². The number of thioether (sulfide) groups is 1. The van der Waals surface area contributed by atoms with Crippen LogP contribution in [-0.2, 0) is 0 Å². The van der Waals surface area contributed by atoms with Gasteiger partial charge in [0, 0.05) is 11.8 Å². The van der Waals surface area contributed by atoms with Crippen molar-refractivity contribution in [2.75, 3.05) is 5.32 Å². The molecule has 1 amide bonds. The third-order valence-corrected chi connectivity index (χ3v) is 2.36. The monoisotopic (exact) mass is 221 g/mol. The number of anilines is 1. The van der Waals surface area contributed by atoms with Gasteiger partial charge >= 0.3 is 11.4 Å². The van der Waals surface area contributed by atoms with Crippen molar-refractivity contribution in [1.82, 2.24) is 10.2 Å². The van der Waals surface area contributed by atoms with Crippen molar-refractivity contribution in [2.24, 2.45) is 0 Å². The highest BCUT2D eigenvalue weighted by Gasteiger charge is 2.09. The number of amides is 1. The van der Waals surface area contributed by atoms with Crippen LogP contribution in [0, 0.1) is 0 Å². The van der Waals surface area contributed by atoms with Crippen LogP contribution in [0.3, 0.4) is 0 Å². The van der Waals surface area contributed by atoms with E-state index in [2.05, 4.69) is 10.2 Å². The van der Waals surface area contributed by atoms with Crippen molar-refractivity contribution in [2.45, 2.75) is 4.34 Å². The number of carbonyl (C=O) groups is 2. The van der Waals surface area contributed by atoms with E-state index in [1.54, 1.807) is 0 Å². The molecule has 0 saturated heterocycles. The molecule has 13 heavy (non-hydrogen) atoms. The second-order valence-corrected chi connectivity index (χ2v) is 3.85. The van der Waals surface area contributed by atoms with E-state index in [4.69, 9.17) is 10.2 Å². The molecule has 3 N–H and O–H groups in total. The van der Waals surface area contributed by atoms with Crippen LogP contribution in [0.1, 0.15) is 0 Å². The maximum absolute atomic E-state index is 10.2. The molecule has 0 aromatic carbocycles. The van der Waals surface area contributed by atoms with Gasteiger partial charge in [-0.2, -0.15) is 0 Å². The zero-order chi connectivity index (χ0) is 9.84. The van der Waals surface area contributed by atoms with Gasteiger partial charge in [-0.1, -0.05) is 11.3 Å². The van der Waals surface area contributed by atoms with Crippen LogP contribution in [0.2, 0.25) is 0 Å². The van der Waals surface area contributed by atoms with Crippen LogP contribution in [-0.4, -0.2) is 31.8 Å². The highest BCUT2D eigenvalue weighted by atomic mass is 32.2. The molecule has 0 radical (unpaired) electrons. The van der Waals surface area contributed by atoms with E-state index in [9.17, 15) is 9.59 Å². The predicted molar refractivity (Wildman–Crippen MR) is 45.4 cm³/mol. The Hall–Kier alpha value is -1.35. The van der Waals surface area contributed by atoms with Gasteiger partial charge in [-0.05, 0) is 0 Å². The van der Waals surface area contributed by atoms with Crippen LogP contribution >= 0.6 is 23.1 Å². The fraction of sp³-hybridized carbons (Fsp3) is 0. The first-order chi connectivity index (χ1) is 6.08. The van der Waals surface area contributed by atoms with Crippen LogP contribution in [0.4, 0.5) is 14.7 Å². The average molecular weight is 221 g/mol. The van der Waals surface area contributed by atoms with E-state index in [1.807, 2.05) is 5.32 Å². The van der Waals surface area contributed by atoms with Gasteiger partial charge in [-0.25, -0.2) is 9.59 Å². The second kappa shape index (κ2) is 4.05. The van der Waals surface area contributed by atoms with Crippen LogP contribution in [0.5, 0.6) is 0 Å². The molecule has 0 aliphatic rings. The Labute approximate surface area is 79.8 Å². The molecule has 1 aromatic rings. The third-order valence-electron chi connectivity index (χ3n) is 0.795. The van der Waals surface area contributed by atoms with E-state index in [0.717, 1.165) is 11.3 Å². The molecular formula is C4H3N3O4S2. The Morgan fingerprint density at radius 1 is 1.38 bits per heavy atom. The number of aromatic nitrogens is 2. The summed E-state index contributed by atoms with van der Waals surface area (Å²) in [7, 11) is 0. The molecule has 70 valence electrons. The lowest BCUT2D eigenvalue weighted by atomic mass is 11.0. The summed E-state index contributed by atoms with van der Waals surface area (Å²) in [6.07, 6.45) is -1.26. The molecule has 1 heterocycles. The molecule has 0 saturated carbocycles. The lowest BCUT2D eigenvalue weighted by Crippen LogP contribution is -2.06. The van der Waals surface area contributed by atoms with E-state index in [-0.39, 0.29) is 9.47 Å².